The molecule has 0 bridgehead atoms. The highest BCUT2D eigenvalue weighted by molar-refractivity contribution is 14.1. The molecule has 1 aromatic carbocycles. The van der Waals surface area contributed by atoms with Crippen LogP contribution in [-0.2, 0) is 16.1 Å². The molecule has 3 heterocycles. The Kier molecular flexibility index (Phi) is 4.48. The van der Waals surface area contributed by atoms with Gasteiger partial charge in [-0.15, -0.1) is 0 Å². The van der Waals surface area contributed by atoms with Gasteiger partial charge in [0.15, 0.2) is 0 Å². The second kappa shape index (κ2) is 6.46. The Balaban J connectivity index is 1.50. The lowest BCUT2D eigenvalue weighted by Gasteiger charge is -2.26. The van der Waals surface area contributed by atoms with Crippen molar-refractivity contribution in [3.05, 3.63) is 29.3 Å². The predicted molar refractivity (Wildman–Crippen MR) is 113 cm³/mol. The molecule has 0 unspecified atom stereocenters. The van der Waals surface area contributed by atoms with Crippen LogP contribution in [0.1, 0.15) is 44.7 Å². The second-order valence-corrected chi connectivity index (χ2v) is 9.61. The highest BCUT2D eigenvalue weighted by Crippen LogP contribution is 2.43. The Morgan fingerprint density at radius 1 is 1.26 bits per heavy atom. The molecule has 1 atom stereocenters. The molecule has 7 heteroatoms. The minimum Gasteiger partial charge on any atom is -0.444 e. The monoisotopic (exact) mass is 481 g/mol. The molecular weight excluding hydrogens is 457 g/mol. The number of ether oxygens (including phenoxy) is 1. The van der Waals surface area contributed by atoms with E-state index in [1.165, 1.54) is 5.56 Å². The summed E-state index contributed by atoms with van der Waals surface area (Å²) in [7, 11) is 0. The molecule has 1 aromatic rings. The maximum Gasteiger partial charge on any atom is 0.410 e. The number of amides is 2. The maximum atomic E-state index is 13.3. The molecule has 3 aliphatic heterocycles. The third-order valence-corrected chi connectivity index (χ3v) is 6.46. The van der Waals surface area contributed by atoms with E-state index in [-0.39, 0.29) is 12.0 Å². The number of carbonyl (C=O) groups excluding carboxylic acids is 2. The van der Waals surface area contributed by atoms with Crippen molar-refractivity contribution < 1.29 is 14.3 Å². The molecule has 4 rings (SSSR count). The van der Waals surface area contributed by atoms with Gasteiger partial charge in [0, 0.05) is 30.9 Å². The van der Waals surface area contributed by atoms with Crippen molar-refractivity contribution in [2.45, 2.75) is 45.8 Å². The first kappa shape index (κ1) is 18.7. The predicted octanol–water partition coefficient (Wildman–Crippen LogP) is 3.75. The molecule has 0 saturated carbocycles. The Bertz CT molecular complexity index is 845. The molecule has 1 spiro atoms. The first-order valence-corrected chi connectivity index (χ1v) is 10.4. The average molecular weight is 481 g/mol. The summed E-state index contributed by atoms with van der Waals surface area (Å²) in [5, 5.41) is 0. The maximum absolute atomic E-state index is 13.3. The van der Waals surface area contributed by atoms with Gasteiger partial charge >= 0.3 is 6.09 Å². The first-order valence-electron chi connectivity index (χ1n) is 9.32. The van der Waals surface area contributed by atoms with E-state index in [2.05, 4.69) is 39.7 Å². The van der Waals surface area contributed by atoms with Crippen LogP contribution >= 0.6 is 22.6 Å². The van der Waals surface area contributed by atoms with Gasteiger partial charge in [0.05, 0.1) is 12.0 Å². The lowest BCUT2D eigenvalue weighted by Crippen LogP contribution is -2.40. The van der Waals surface area contributed by atoms with Crippen LogP contribution in [0.4, 0.5) is 10.5 Å². The highest BCUT2D eigenvalue weighted by atomic mass is 127. The normalized spacial score (nSPS) is 24.6. The molecule has 2 amide bonds. The lowest BCUT2D eigenvalue weighted by atomic mass is 9.85. The number of rotatable bonds is 1. The molecule has 0 aromatic heterocycles. The summed E-state index contributed by atoms with van der Waals surface area (Å²) in [4.78, 5) is 33.7. The standard InChI is InChI=1S/C20H24IN3O3/c1-19(2,3)27-18(26)23-8-6-20(12-23)7-9-24(17(20)25)14-5-4-13-11-22-16(21)15(13)10-14/h4-5,10H,6-9,11-12H2,1-3H3/t20-/m0/s1. The van der Waals surface area contributed by atoms with Gasteiger partial charge in [-0.3, -0.25) is 9.79 Å². The summed E-state index contributed by atoms with van der Waals surface area (Å²) < 4.78 is 6.48. The molecule has 0 N–H and O–H groups in total. The fourth-order valence-electron chi connectivity index (χ4n) is 4.10. The van der Waals surface area contributed by atoms with E-state index in [9.17, 15) is 9.59 Å². The van der Waals surface area contributed by atoms with Crippen LogP contribution < -0.4 is 4.90 Å². The van der Waals surface area contributed by atoms with Gasteiger partial charge in [-0.1, -0.05) is 6.07 Å². The van der Waals surface area contributed by atoms with E-state index in [0.717, 1.165) is 27.9 Å². The van der Waals surface area contributed by atoms with Gasteiger partial charge in [0.25, 0.3) is 0 Å². The Morgan fingerprint density at radius 2 is 2.00 bits per heavy atom. The number of carbonyl (C=O) groups is 2. The number of anilines is 1. The van der Waals surface area contributed by atoms with Crippen LogP contribution in [0, 0.1) is 5.41 Å². The van der Waals surface area contributed by atoms with Crippen molar-refractivity contribution in [2.75, 3.05) is 24.5 Å². The Hall–Kier alpha value is -1.64. The van der Waals surface area contributed by atoms with E-state index in [1.54, 1.807) is 4.90 Å². The fourth-order valence-corrected chi connectivity index (χ4v) is 4.77. The third kappa shape index (κ3) is 3.34. The lowest BCUT2D eigenvalue weighted by molar-refractivity contribution is -0.124. The van der Waals surface area contributed by atoms with Gasteiger partial charge in [0.2, 0.25) is 5.91 Å². The van der Waals surface area contributed by atoms with Gasteiger partial charge in [-0.2, -0.15) is 0 Å². The largest absolute Gasteiger partial charge is 0.444 e. The van der Waals surface area contributed by atoms with Gasteiger partial charge in [-0.25, -0.2) is 4.79 Å². The molecule has 2 fully saturated rings. The van der Waals surface area contributed by atoms with E-state index in [0.29, 0.717) is 26.1 Å². The van der Waals surface area contributed by atoms with Crippen LogP contribution in [0.2, 0.25) is 0 Å². The quantitative estimate of drug-likeness (QED) is 0.575. The average Bonchev–Trinajstić information content (AvgIpc) is 3.27. The van der Waals surface area contributed by atoms with Crippen molar-refractivity contribution >= 4 is 44.0 Å². The number of halogens is 1. The summed E-state index contributed by atoms with van der Waals surface area (Å²) in [5.74, 6) is 0.124. The van der Waals surface area contributed by atoms with E-state index >= 15 is 0 Å². The summed E-state index contributed by atoms with van der Waals surface area (Å²) >= 11 is 2.25. The first-order chi connectivity index (χ1) is 12.7. The van der Waals surface area contributed by atoms with Crippen molar-refractivity contribution in [1.82, 2.24) is 4.90 Å². The smallest absolute Gasteiger partial charge is 0.410 e. The molecule has 0 radical (unpaired) electrons. The summed E-state index contributed by atoms with van der Waals surface area (Å²) in [6.07, 6.45) is 1.15. The Labute approximate surface area is 173 Å². The molecule has 6 nitrogen and oxygen atoms in total. The van der Waals surface area contributed by atoms with Crippen LogP contribution in [0.15, 0.2) is 23.2 Å². The molecule has 27 heavy (non-hydrogen) atoms. The summed E-state index contributed by atoms with van der Waals surface area (Å²) in [6, 6.07) is 6.16. The molecule has 2 saturated heterocycles. The third-order valence-electron chi connectivity index (χ3n) is 5.53. The number of hydrogen-bond acceptors (Lipinski definition) is 4. The summed E-state index contributed by atoms with van der Waals surface area (Å²) in [6.45, 7) is 8.00. The highest BCUT2D eigenvalue weighted by Gasteiger charge is 2.52. The zero-order valence-electron chi connectivity index (χ0n) is 15.9. The fraction of sp³-hybridized carbons (Fsp3) is 0.550. The van der Waals surface area contributed by atoms with Crippen LogP contribution in [0.3, 0.4) is 0 Å². The minimum atomic E-state index is -0.526. The Morgan fingerprint density at radius 3 is 2.74 bits per heavy atom. The van der Waals surface area contributed by atoms with E-state index in [4.69, 9.17) is 4.74 Å². The van der Waals surface area contributed by atoms with Crippen molar-refractivity contribution in [2.24, 2.45) is 10.4 Å². The topological polar surface area (TPSA) is 62.2 Å². The van der Waals surface area contributed by atoms with Crippen molar-refractivity contribution in [1.29, 1.82) is 0 Å². The minimum absolute atomic E-state index is 0.124. The van der Waals surface area contributed by atoms with Gasteiger partial charge in [-0.05, 0) is 73.9 Å². The number of likely N-dealkylation sites (tertiary alicyclic amines) is 1. The molecule has 3 aliphatic rings. The molecular formula is C20H24IN3O3. The molecule has 0 aliphatic carbocycles. The SMILES string of the molecule is CC(C)(C)OC(=O)N1CC[C@]2(CCN(c3ccc4c(c3)C(I)=NC4)C2=O)C1. The number of hydrogen-bond donors (Lipinski definition) is 0. The number of nitrogens with zero attached hydrogens (tertiary/aromatic N) is 3. The summed E-state index contributed by atoms with van der Waals surface area (Å²) in [5.41, 5.74) is 2.27. The number of aliphatic imine (C=N–C) groups is 1. The zero-order chi connectivity index (χ0) is 19.4. The zero-order valence-corrected chi connectivity index (χ0v) is 18.1. The van der Waals surface area contributed by atoms with Crippen LogP contribution in [0.5, 0.6) is 0 Å². The van der Waals surface area contributed by atoms with Crippen LogP contribution in [-0.4, -0.2) is 45.9 Å². The van der Waals surface area contributed by atoms with Gasteiger partial charge < -0.3 is 14.5 Å². The molecule has 144 valence electrons. The number of benzene rings is 1. The van der Waals surface area contributed by atoms with Crippen molar-refractivity contribution in [3.63, 3.8) is 0 Å². The van der Waals surface area contributed by atoms with Gasteiger partial charge in [0.1, 0.15) is 9.32 Å². The second-order valence-electron chi connectivity index (χ2n) is 8.59. The van der Waals surface area contributed by atoms with Crippen LogP contribution in [0.25, 0.3) is 0 Å². The van der Waals surface area contributed by atoms with Crippen molar-refractivity contribution in [3.8, 4) is 0 Å². The van der Waals surface area contributed by atoms with E-state index < -0.39 is 11.0 Å². The van der Waals surface area contributed by atoms with E-state index in [1.807, 2.05) is 31.7 Å². The number of fused-ring (bicyclic) bond motifs is 1.